The van der Waals surface area contributed by atoms with Gasteiger partial charge >= 0.3 is 0 Å². The van der Waals surface area contributed by atoms with Crippen molar-refractivity contribution in [1.82, 2.24) is 15.0 Å². The molecule has 8 rings (SSSR count). The second kappa shape index (κ2) is 10.1. The minimum absolute atomic E-state index is 0.129. The Morgan fingerprint density at radius 3 is 1.36 bits per heavy atom. The molecule has 0 unspecified atom stereocenters. The third-order valence-electron chi connectivity index (χ3n) is 6.43. The molecule has 8 aromatic rings. The molecule has 0 bridgehead atoms. The Morgan fingerprint density at radius 1 is 0.333 bits per heavy atom. The van der Waals surface area contributed by atoms with Crippen LogP contribution < -0.4 is 0 Å². The average molecular weight is 556 g/mol. The average Bonchev–Trinajstić information content (AvgIpc) is 3.26. The summed E-state index contributed by atoms with van der Waals surface area (Å²) in [6.07, 6.45) is 0. The SMILES string of the molecule is [2H]c1c([2H])c([2H])c(-c2nc(-c3ccccc3)nc(-c3c([2H])c([2H])c(-c4c([2H])c([2H])c5c6c([2H])c([2H])c([2H])c([2H])c6c6c([2H])c([2H])c([2H])c([2H])c6c5c4[2H])c([2H])c3[2H])n2)c([2H])c1[2H]. The Labute approximate surface area is 271 Å². The first kappa shape index (κ1) is 11.3. The fourth-order valence-corrected chi connectivity index (χ4v) is 4.51. The summed E-state index contributed by atoms with van der Waals surface area (Å²) in [5.74, 6) is -1.09. The van der Waals surface area contributed by atoms with Gasteiger partial charge in [-0.1, -0.05) is 145 Å². The zero-order valence-electron chi connectivity index (χ0n) is 41.2. The van der Waals surface area contributed by atoms with Gasteiger partial charge in [-0.05, 0) is 49.5 Å². The normalized spacial score (nSPS) is 18.0. The minimum Gasteiger partial charge on any atom is -0.208 e. The molecule has 0 saturated carbocycles. The molecule has 7 aromatic carbocycles. The van der Waals surface area contributed by atoms with Crippen molar-refractivity contribution in [3.05, 3.63) is 151 Å². The van der Waals surface area contributed by atoms with Crippen LogP contribution in [-0.4, -0.2) is 15.0 Å². The topological polar surface area (TPSA) is 38.7 Å². The first-order chi connectivity index (χ1) is 29.1. The van der Waals surface area contributed by atoms with Crippen LogP contribution in [0.4, 0.5) is 0 Å². The highest BCUT2D eigenvalue weighted by molar-refractivity contribution is 6.25. The second-order valence-corrected chi connectivity index (χ2v) is 8.92. The molecule has 0 spiro atoms. The monoisotopic (exact) mass is 555 g/mol. The van der Waals surface area contributed by atoms with E-state index in [0.29, 0.717) is 5.56 Å². The summed E-state index contributed by atoms with van der Waals surface area (Å²) < 4.78 is 175. The fourth-order valence-electron chi connectivity index (χ4n) is 4.51. The maximum absolute atomic E-state index is 9.52. The lowest BCUT2D eigenvalue weighted by Crippen LogP contribution is -2.00. The van der Waals surface area contributed by atoms with Gasteiger partial charge in [-0.15, -0.1) is 0 Å². The lowest BCUT2D eigenvalue weighted by molar-refractivity contribution is 1.07. The van der Waals surface area contributed by atoms with Crippen molar-refractivity contribution in [1.29, 1.82) is 0 Å². The summed E-state index contributed by atoms with van der Waals surface area (Å²) in [7, 11) is 0. The predicted molar refractivity (Wildman–Crippen MR) is 174 cm³/mol. The summed E-state index contributed by atoms with van der Waals surface area (Å²) >= 11 is 0. The van der Waals surface area contributed by atoms with Crippen LogP contribution in [0.2, 0.25) is 0 Å². The van der Waals surface area contributed by atoms with Gasteiger partial charge in [-0.25, -0.2) is 15.0 Å². The largest absolute Gasteiger partial charge is 0.208 e. The summed E-state index contributed by atoms with van der Waals surface area (Å²) in [6.45, 7) is 0. The van der Waals surface area contributed by atoms with Crippen LogP contribution >= 0.6 is 0 Å². The van der Waals surface area contributed by atoms with Gasteiger partial charge in [0.05, 0.1) is 27.4 Å². The van der Waals surface area contributed by atoms with Crippen LogP contribution in [0, 0.1) is 0 Å². The number of hydrogen-bond donors (Lipinski definition) is 0. The highest BCUT2D eigenvalue weighted by atomic mass is 15.0. The maximum atomic E-state index is 9.52. The Bertz CT molecular complexity index is 3260. The molecule has 3 heteroatoms. The van der Waals surface area contributed by atoms with Gasteiger partial charge in [0.15, 0.2) is 17.5 Å². The van der Waals surface area contributed by atoms with Crippen molar-refractivity contribution in [3.63, 3.8) is 0 Å². The Kier molecular flexibility index (Phi) is 2.71. The van der Waals surface area contributed by atoms with Crippen LogP contribution in [0.3, 0.4) is 0 Å². The molecule has 0 aliphatic carbocycles. The number of hydrogen-bond acceptors (Lipinski definition) is 3. The van der Waals surface area contributed by atoms with Crippen LogP contribution in [0.15, 0.2) is 151 Å². The zero-order valence-corrected chi connectivity index (χ0v) is 21.2. The molecule has 196 valence electrons. The van der Waals surface area contributed by atoms with Crippen LogP contribution in [0.5, 0.6) is 0 Å². The Hall–Kier alpha value is -5.67. The Balaban J connectivity index is 1.50. The molecule has 0 aliphatic rings. The predicted octanol–water partition coefficient (Wildman–Crippen LogP) is 10.00. The van der Waals surface area contributed by atoms with E-state index < -0.39 is 182 Å². The molecule has 0 N–H and O–H groups in total. The minimum atomic E-state index is -0.873. The molecular weight excluding hydrogens is 510 g/mol. The molecule has 1 heterocycles. The van der Waals surface area contributed by atoms with Gasteiger partial charge in [-0.3, -0.25) is 0 Å². The van der Waals surface area contributed by atoms with Crippen molar-refractivity contribution in [2.24, 2.45) is 0 Å². The third kappa shape index (κ3) is 4.20. The second-order valence-electron chi connectivity index (χ2n) is 8.92. The zero-order chi connectivity index (χ0) is 45.3. The summed E-state index contributed by atoms with van der Waals surface area (Å²) in [6, 6.07) is -7.06. The molecule has 42 heavy (non-hydrogen) atoms. The van der Waals surface area contributed by atoms with Gasteiger partial charge in [0.1, 0.15) is 0 Å². The number of aromatic nitrogens is 3. The van der Waals surface area contributed by atoms with E-state index in [1.54, 1.807) is 30.3 Å². The van der Waals surface area contributed by atoms with E-state index in [2.05, 4.69) is 15.0 Å². The molecule has 0 atom stereocenters. The highest BCUT2D eigenvalue weighted by Crippen LogP contribution is 2.37. The van der Waals surface area contributed by atoms with E-state index in [4.69, 9.17) is 19.2 Å². The first-order valence-corrected chi connectivity index (χ1v) is 12.5. The smallest absolute Gasteiger partial charge is 0.164 e. The van der Waals surface area contributed by atoms with E-state index in [1.165, 1.54) is 0 Å². The van der Waals surface area contributed by atoms with Gasteiger partial charge in [0, 0.05) is 16.7 Å². The van der Waals surface area contributed by atoms with E-state index in [-0.39, 0.29) is 11.2 Å². The van der Waals surface area contributed by atoms with Crippen LogP contribution in [0.25, 0.3) is 77.6 Å². The summed E-state index contributed by atoms with van der Waals surface area (Å²) in [5.41, 5.74) is -2.00. The van der Waals surface area contributed by atoms with E-state index >= 15 is 0 Å². The van der Waals surface area contributed by atoms with E-state index in [0.717, 1.165) is 0 Å². The van der Waals surface area contributed by atoms with Crippen molar-refractivity contribution in [2.75, 3.05) is 0 Å². The molecule has 0 amide bonds. The standard InChI is InChI=1S/C39H25N3/c1-3-11-27(12-4-1)37-40-38(28-13-5-2-6-14-28)42-39(41-37)29-21-19-26(20-22-29)30-23-24-35-33-17-8-7-15-31(33)32-16-9-10-18-34(32)36(35)25-30/h1-25H/i1D,3D,4D,7D,8D,9D,10D,11D,12D,15D,16D,17D,18D,19D,20D,21D,22D,23D,24D,25D. The quantitative estimate of drug-likeness (QED) is 0.203. The lowest BCUT2D eigenvalue weighted by atomic mass is 9.92. The van der Waals surface area contributed by atoms with Crippen molar-refractivity contribution < 1.29 is 27.4 Å². The number of fused-ring (bicyclic) bond motifs is 6. The molecule has 0 aliphatic heterocycles. The number of nitrogens with zero attached hydrogens (tertiary/aromatic N) is 3. The third-order valence-corrected chi connectivity index (χ3v) is 6.43. The van der Waals surface area contributed by atoms with Crippen molar-refractivity contribution in [2.45, 2.75) is 0 Å². The lowest BCUT2D eigenvalue weighted by Gasteiger charge is -2.12. The highest BCUT2D eigenvalue weighted by Gasteiger charge is 2.13. The van der Waals surface area contributed by atoms with Gasteiger partial charge in [0.2, 0.25) is 0 Å². The first-order valence-electron chi connectivity index (χ1n) is 22.5. The molecule has 0 saturated heterocycles. The molecule has 0 radical (unpaired) electrons. The number of benzene rings is 7. The van der Waals surface area contributed by atoms with E-state index in [1.807, 2.05) is 0 Å². The van der Waals surface area contributed by atoms with Gasteiger partial charge in [-0.2, -0.15) is 0 Å². The summed E-state index contributed by atoms with van der Waals surface area (Å²) in [5, 5.41) is -2.53. The maximum Gasteiger partial charge on any atom is 0.164 e. The molecule has 0 fully saturated rings. The van der Waals surface area contributed by atoms with Crippen molar-refractivity contribution in [3.8, 4) is 45.3 Å². The molecular formula is C39H25N3. The molecule has 1 aromatic heterocycles. The Morgan fingerprint density at radius 2 is 0.762 bits per heavy atom. The van der Waals surface area contributed by atoms with Gasteiger partial charge < -0.3 is 0 Å². The number of rotatable bonds is 4. The van der Waals surface area contributed by atoms with Crippen LogP contribution in [0.1, 0.15) is 27.4 Å². The van der Waals surface area contributed by atoms with Crippen LogP contribution in [-0.2, 0) is 0 Å². The van der Waals surface area contributed by atoms with Crippen molar-refractivity contribution >= 4 is 32.3 Å². The van der Waals surface area contributed by atoms with E-state index in [9.17, 15) is 8.22 Å². The fraction of sp³-hybridized carbons (Fsp3) is 0. The molecule has 3 nitrogen and oxygen atoms in total. The van der Waals surface area contributed by atoms with Gasteiger partial charge in [0.25, 0.3) is 0 Å². The summed E-state index contributed by atoms with van der Waals surface area (Å²) in [4.78, 5) is 13.1.